The number of nitrogens with one attached hydrogen (secondary N) is 1. The molecule has 0 aromatic rings. The summed E-state index contributed by atoms with van der Waals surface area (Å²) < 4.78 is 0. The van der Waals surface area contributed by atoms with Crippen molar-refractivity contribution in [3.63, 3.8) is 0 Å². The second kappa shape index (κ2) is 6.68. The van der Waals surface area contributed by atoms with Crippen LogP contribution >= 0.6 is 11.8 Å². The van der Waals surface area contributed by atoms with E-state index in [0.717, 1.165) is 6.04 Å². The lowest BCUT2D eigenvalue weighted by molar-refractivity contribution is 0.204. The van der Waals surface area contributed by atoms with Gasteiger partial charge in [-0.3, -0.25) is 4.90 Å². The quantitative estimate of drug-likeness (QED) is 0.726. The zero-order valence-corrected chi connectivity index (χ0v) is 9.70. The van der Waals surface area contributed by atoms with Crippen LogP contribution in [0, 0.1) is 0 Å². The smallest absolute Gasteiger partial charge is 0.0195 e. The van der Waals surface area contributed by atoms with E-state index >= 15 is 0 Å². The van der Waals surface area contributed by atoms with Gasteiger partial charge in [0.25, 0.3) is 0 Å². The van der Waals surface area contributed by atoms with Gasteiger partial charge in [0.1, 0.15) is 0 Å². The Kier molecular flexibility index (Phi) is 5.83. The van der Waals surface area contributed by atoms with E-state index in [1.807, 2.05) is 11.8 Å². The Labute approximate surface area is 86.5 Å². The summed E-state index contributed by atoms with van der Waals surface area (Å²) in [5.74, 6) is 1.28. The first-order valence-electron chi connectivity index (χ1n) is 5.31. The Morgan fingerprint density at radius 1 is 1.54 bits per heavy atom. The Hall–Kier alpha value is 0.270. The van der Waals surface area contributed by atoms with Crippen LogP contribution in [-0.4, -0.2) is 49.1 Å². The van der Waals surface area contributed by atoms with Crippen LogP contribution in [0.5, 0.6) is 0 Å². The minimum Gasteiger partial charge on any atom is -0.311 e. The Bertz CT molecular complexity index is 128. The standard InChI is InChI=1S/C10H22N2S/c1-3-4-10-9-12(6-5-11-10)7-8-13-2/h10-11H,3-9H2,1-2H3. The predicted molar refractivity (Wildman–Crippen MR) is 61.5 cm³/mol. The third-order valence-electron chi connectivity index (χ3n) is 2.59. The molecule has 78 valence electrons. The van der Waals surface area contributed by atoms with E-state index in [0.29, 0.717) is 0 Å². The second-order valence-corrected chi connectivity index (χ2v) is 4.72. The summed E-state index contributed by atoms with van der Waals surface area (Å²) in [5, 5.41) is 3.58. The van der Waals surface area contributed by atoms with Crippen molar-refractivity contribution in [1.82, 2.24) is 10.2 Å². The summed E-state index contributed by atoms with van der Waals surface area (Å²) in [5.41, 5.74) is 0. The second-order valence-electron chi connectivity index (χ2n) is 3.73. The number of thioether (sulfide) groups is 1. The molecule has 1 N–H and O–H groups in total. The van der Waals surface area contributed by atoms with Crippen LogP contribution in [-0.2, 0) is 0 Å². The van der Waals surface area contributed by atoms with Crippen molar-refractivity contribution in [2.24, 2.45) is 0 Å². The monoisotopic (exact) mass is 202 g/mol. The first-order valence-corrected chi connectivity index (χ1v) is 6.71. The topological polar surface area (TPSA) is 15.3 Å². The number of rotatable bonds is 5. The highest BCUT2D eigenvalue weighted by Gasteiger charge is 2.17. The highest BCUT2D eigenvalue weighted by atomic mass is 32.2. The molecule has 1 atom stereocenters. The van der Waals surface area contributed by atoms with E-state index in [1.54, 1.807) is 0 Å². The Morgan fingerprint density at radius 2 is 2.38 bits per heavy atom. The first-order chi connectivity index (χ1) is 6.36. The van der Waals surface area contributed by atoms with Gasteiger partial charge in [-0.15, -0.1) is 0 Å². The highest BCUT2D eigenvalue weighted by Crippen LogP contribution is 2.05. The highest BCUT2D eigenvalue weighted by molar-refractivity contribution is 7.98. The van der Waals surface area contributed by atoms with Crippen LogP contribution in [0.4, 0.5) is 0 Å². The van der Waals surface area contributed by atoms with Crippen LogP contribution < -0.4 is 5.32 Å². The molecule has 0 saturated carbocycles. The van der Waals surface area contributed by atoms with Crippen molar-refractivity contribution >= 4 is 11.8 Å². The third kappa shape index (κ3) is 4.34. The molecule has 0 aromatic heterocycles. The number of hydrogen-bond donors (Lipinski definition) is 1. The summed E-state index contributed by atoms with van der Waals surface area (Å²) in [6.45, 7) is 7.21. The first kappa shape index (κ1) is 11.3. The average molecular weight is 202 g/mol. The molecule has 1 aliphatic rings. The van der Waals surface area contributed by atoms with Crippen molar-refractivity contribution < 1.29 is 0 Å². The lowest BCUT2D eigenvalue weighted by Gasteiger charge is -2.33. The lowest BCUT2D eigenvalue weighted by atomic mass is 10.1. The fourth-order valence-electron chi connectivity index (χ4n) is 1.86. The van der Waals surface area contributed by atoms with Gasteiger partial charge in [0.2, 0.25) is 0 Å². The van der Waals surface area contributed by atoms with Crippen LogP contribution in [0.2, 0.25) is 0 Å². The minimum atomic E-state index is 0.751. The van der Waals surface area contributed by atoms with Crippen molar-refractivity contribution in [3.05, 3.63) is 0 Å². The zero-order chi connectivity index (χ0) is 9.52. The van der Waals surface area contributed by atoms with Gasteiger partial charge in [-0.25, -0.2) is 0 Å². The van der Waals surface area contributed by atoms with E-state index < -0.39 is 0 Å². The number of piperazine rings is 1. The van der Waals surface area contributed by atoms with E-state index in [2.05, 4.69) is 23.4 Å². The van der Waals surface area contributed by atoms with Gasteiger partial charge in [0.15, 0.2) is 0 Å². The maximum absolute atomic E-state index is 3.58. The maximum atomic E-state index is 3.58. The Balaban J connectivity index is 2.16. The molecule has 1 unspecified atom stereocenters. The molecule has 1 rings (SSSR count). The molecule has 0 bridgehead atoms. The van der Waals surface area contributed by atoms with E-state index in [1.165, 1.54) is 44.8 Å². The van der Waals surface area contributed by atoms with E-state index in [9.17, 15) is 0 Å². The SMILES string of the molecule is CCCC1CN(CCSC)CCN1. The normalized spacial score (nSPS) is 24.9. The summed E-state index contributed by atoms with van der Waals surface area (Å²) in [6.07, 6.45) is 4.82. The van der Waals surface area contributed by atoms with E-state index in [4.69, 9.17) is 0 Å². The van der Waals surface area contributed by atoms with E-state index in [-0.39, 0.29) is 0 Å². The largest absolute Gasteiger partial charge is 0.311 e. The molecule has 1 saturated heterocycles. The third-order valence-corrected chi connectivity index (χ3v) is 3.18. The van der Waals surface area contributed by atoms with Gasteiger partial charge in [-0.05, 0) is 12.7 Å². The van der Waals surface area contributed by atoms with Crippen molar-refractivity contribution in [2.75, 3.05) is 38.2 Å². The molecule has 0 spiro atoms. The van der Waals surface area contributed by atoms with Crippen LogP contribution in [0.3, 0.4) is 0 Å². The van der Waals surface area contributed by atoms with Crippen LogP contribution in [0.15, 0.2) is 0 Å². The molecule has 1 fully saturated rings. The molecule has 13 heavy (non-hydrogen) atoms. The molecular formula is C10H22N2S. The molecule has 1 aliphatic heterocycles. The molecule has 2 nitrogen and oxygen atoms in total. The summed E-state index contributed by atoms with van der Waals surface area (Å²) in [6, 6.07) is 0.751. The van der Waals surface area contributed by atoms with Crippen molar-refractivity contribution in [2.45, 2.75) is 25.8 Å². The molecule has 0 aromatic carbocycles. The van der Waals surface area contributed by atoms with Crippen molar-refractivity contribution in [1.29, 1.82) is 0 Å². The predicted octanol–water partition coefficient (Wildman–Crippen LogP) is 1.42. The maximum Gasteiger partial charge on any atom is 0.0195 e. The van der Waals surface area contributed by atoms with Gasteiger partial charge >= 0.3 is 0 Å². The minimum absolute atomic E-state index is 0.751. The number of nitrogens with zero attached hydrogens (tertiary/aromatic N) is 1. The molecule has 1 heterocycles. The average Bonchev–Trinajstić information content (AvgIpc) is 2.16. The van der Waals surface area contributed by atoms with Gasteiger partial charge in [0, 0.05) is 38.0 Å². The summed E-state index contributed by atoms with van der Waals surface area (Å²) >= 11 is 1.95. The molecule has 0 radical (unpaired) electrons. The van der Waals surface area contributed by atoms with Crippen molar-refractivity contribution in [3.8, 4) is 0 Å². The molecule has 3 heteroatoms. The van der Waals surface area contributed by atoms with Gasteiger partial charge in [-0.1, -0.05) is 13.3 Å². The summed E-state index contributed by atoms with van der Waals surface area (Å²) in [7, 11) is 0. The lowest BCUT2D eigenvalue weighted by Crippen LogP contribution is -2.50. The van der Waals surface area contributed by atoms with Gasteiger partial charge < -0.3 is 5.32 Å². The number of hydrogen-bond acceptors (Lipinski definition) is 3. The fraction of sp³-hybridized carbons (Fsp3) is 1.00. The molecular weight excluding hydrogens is 180 g/mol. The molecule has 0 aliphatic carbocycles. The summed E-state index contributed by atoms with van der Waals surface area (Å²) in [4.78, 5) is 2.59. The molecule has 0 amide bonds. The van der Waals surface area contributed by atoms with Crippen LogP contribution in [0.1, 0.15) is 19.8 Å². The van der Waals surface area contributed by atoms with Crippen LogP contribution in [0.25, 0.3) is 0 Å². The van der Waals surface area contributed by atoms with Gasteiger partial charge in [0.05, 0.1) is 0 Å². The van der Waals surface area contributed by atoms with Gasteiger partial charge in [-0.2, -0.15) is 11.8 Å². The fourth-order valence-corrected chi connectivity index (χ4v) is 2.30. The zero-order valence-electron chi connectivity index (χ0n) is 8.88. The Morgan fingerprint density at radius 3 is 3.08 bits per heavy atom.